The lowest BCUT2D eigenvalue weighted by atomic mass is 10.1. The van der Waals surface area contributed by atoms with Crippen molar-refractivity contribution in [1.29, 1.82) is 0 Å². The summed E-state index contributed by atoms with van der Waals surface area (Å²) in [5.41, 5.74) is 1.79. The third-order valence-electron chi connectivity index (χ3n) is 6.23. The minimum Gasteiger partial charge on any atom is -0.415 e. The van der Waals surface area contributed by atoms with Gasteiger partial charge in [-0.25, -0.2) is 9.18 Å². The van der Waals surface area contributed by atoms with E-state index in [9.17, 15) is 13.6 Å². The van der Waals surface area contributed by atoms with E-state index in [2.05, 4.69) is 38.1 Å². The van der Waals surface area contributed by atoms with Crippen molar-refractivity contribution in [1.82, 2.24) is 24.2 Å². The predicted octanol–water partition coefficient (Wildman–Crippen LogP) is 5.01. The lowest BCUT2D eigenvalue weighted by molar-refractivity contribution is 0.116. The van der Waals surface area contributed by atoms with Gasteiger partial charge in [-0.15, -0.1) is 10.2 Å². The van der Waals surface area contributed by atoms with E-state index >= 15 is 4.39 Å². The Morgan fingerprint density at radius 1 is 1.12 bits per heavy atom. The molecule has 0 radical (unpaired) electrons. The number of halogens is 4. The van der Waals surface area contributed by atoms with Gasteiger partial charge in [-0.2, -0.15) is 8.78 Å². The van der Waals surface area contributed by atoms with Crippen molar-refractivity contribution >= 4 is 27.0 Å². The number of rotatable bonds is 5. The summed E-state index contributed by atoms with van der Waals surface area (Å²) in [6.45, 7) is 1.82. The second-order valence-corrected chi connectivity index (χ2v) is 9.37. The summed E-state index contributed by atoms with van der Waals surface area (Å²) in [6, 6.07) is 9.89. The van der Waals surface area contributed by atoms with Gasteiger partial charge in [0, 0.05) is 21.6 Å². The molecule has 0 amide bonds. The number of piperidine rings is 1. The molecule has 1 fully saturated rings. The Morgan fingerprint density at radius 3 is 2.56 bits per heavy atom. The fourth-order valence-electron chi connectivity index (χ4n) is 4.43. The minimum atomic E-state index is -2.90. The van der Waals surface area contributed by atoms with Crippen LogP contribution in [-0.2, 0) is 6.54 Å². The topological polar surface area (TPSA) is 69.1 Å². The van der Waals surface area contributed by atoms with E-state index in [1.807, 2.05) is 22.8 Å². The molecule has 0 saturated carbocycles. The van der Waals surface area contributed by atoms with Crippen LogP contribution in [0.25, 0.3) is 22.5 Å². The lowest BCUT2D eigenvalue weighted by Gasteiger charge is -2.29. The van der Waals surface area contributed by atoms with E-state index in [1.165, 1.54) is 12.1 Å². The summed E-state index contributed by atoms with van der Waals surface area (Å²) in [5.74, 6) is -1.62. The molecule has 178 valence electrons. The van der Waals surface area contributed by atoms with Crippen LogP contribution < -0.4 is 5.69 Å². The normalized spacial score (nSPS) is 15.6. The Labute approximate surface area is 200 Å². The highest BCUT2D eigenvalue weighted by Gasteiger charge is 2.25. The first-order valence-electron chi connectivity index (χ1n) is 10.8. The number of alkyl halides is 2. The molecule has 0 aliphatic carbocycles. The summed E-state index contributed by atoms with van der Waals surface area (Å²) in [5, 5.41) is 6.83. The number of hydrogen-bond acceptors (Lipinski definition) is 5. The number of fused-ring (bicyclic) bond motifs is 1. The molecule has 0 spiro atoms. The first kappa shape index (κ1) is 22.9. The molecule has 5 rings (SSSR count). The van der Waals surface area contributed by atoms with E-state index in [4.69, 9.17) is 4.42 Å². The Bertz CT molecular complexity index is 1410. The van der Waals surface area contributed by atoms with E-state index in [0.717, 1.165) is 42.0 Å². The fourth-order valence-corrected chi connectivity index (χ4v) is 4.78. The highest BCUT2D eigenvalue weighted by molar-refractivity contribution is 9.10. The Kier molecular flexibility index (Phi) is 6.07. The molecule has 1 aliphatic rings. The maximum absolute atomic E-state index is 15.0. The average molecular weight is 536 g/mol. The molecule has 2 aromatic heterocycles. The molecule has 0 unspecified atom stereocenters. The van der Waals surface area contributed by atoms with E-state index in [-0.39, 0.29) is 35.3 Å². The van der Waals surface area contributed by atoms with Crippen LogP contribution in [0.3, 0.4) is 0 Å². The van der Waals surface area contributed by atoms with Crippen LogP contribution in [0.2, 0.25) is 0 Å². The van der Waals surface area contributed by atoms with E-state index < -0.39 is 18.1 Å². The van der Waals surface area contributed by atoms with Gasteiger partial charge in [-0.3, -0.25) is 9.13 Å². The van der Waals surface area contributed by atoms with Gasteiger partial charge in [0.1, 0.15) is 5.82 Å². The largest absolute Gasteiger partial charge is 0.415 e. The maximum atomic E-state index is 15.0. The van der Waals surface area contributed by atoms with Gasteiger partial charge in [0.15, 0.2) is 0 Å². The zero-order valence-corrected chi connectivity index (χ0v) is 19.8. The highest BCUT2D eigenvalue weighted by atomic mass is 79.9. The number of hydrogen-bond donors (Lipinski definition) is 0. The van der Waals surface area contributed by atoms with Crippen LogP contribution >= 0.6 is 15.9 Å². The number of imidazole rings is 1. The zero-order chi connectivity index (χ0) is 24.0. The summed E-state index contributed by atoms with van der Waals surface area (Å²) < 4.78 is 49.6. The van der Waals surface area contributed by atoms with Gasteiger partial charge >= 0.3 is 12.1 Å². The van der Waals surface area contributed by atoms with Gasteiger partial charge in [0.25, 0.3) is 5.89 Å². The first-order valence-corrected chi connectivity index (χ1v) is 11.6. The molecule has 2 aromatic carbocycles. The minimum absolute atomic E-state index is 0.0175. The van der Waals surface area contributed by atoms with Crippen molar-refractivity contribution in [3.05, 3.63) is 68.6 Å². The van der Waals surface area contributed by atoms with Crippen LogP contribution in [0, 0.1) is 5.82 Å². The molecule has 3 heterocycles. The molecule has 1 saturated heterocycles. The lowest BCUT2D eigenvalue weighted by Crippen LogP contribution is -2.36. The smallest absolute Gasteiger partial charge is 0.329 e. The van der Waals surface area contributed by atoms with Crippen molar-refractivity contribution in [2.75, 3.05) is 20.1 Å². The molecule has 11 heteroatoms. The van der Waals surface area contributed by atoms with Gasteiger partial charge < -0.3 is 9.32 Å². The molecule has 4 aromatic rings. The van der Waals surface area contributed by atoms with Crippen molar-refractivity contribution in [2.45, 2.75) is 31.9 Å². The summed E-state index contributed by atoms with van der Waals surface area (Å²) in [4.78, 5) is 15.8. The molecule has 0 N–H and O–H groups in total. The maximum Gasteiger partial charge on any atom is 0.329 e. The number of likely N-dealkylation sites (tertiary alicyclic amines) is 1. The van der Waals surface area contributed by atoms with Gasteiger partial charge in [-0.1, -0.05) is 22.0 Å². The second kappa shape index (κ2) is 9.03. The number of nitrogens with zero attached hydrogens (tertiary/aromatic N) is 5. The average Bonchev–Trinajstić information content (AvgIpc) is 3.40. The van der Waals surface area contributed by atoms with Gasteiger partial charge in [-0.05, 0) is 63.3 Å². The third kappa shape index (κ3) is 4.18. The van der Waals surface area contributed by atoms with Crippen molar-refractivity contribution < 1.29 is 17.6 Å². The molecular formula is C23H21BrF3N5O2. The monoisotopic (exact) mass is 535 g/mol. The van der Waals surface area contributed by atoms with Crippen LogP contribution in [0.1, 0.15) is 36.8 Å². The zero-order valence-electron chi connectivity index (χ0n) is 18.2. The second-order valence-electron chi connectivity index (χ2n) is 8.46. The van der Waals surface area contributed by atoms with Gasteiger partial charge in [0.05, 0.1) is 17.6 Å². The molecule has 1 aliphatic heterocycles. The van der Waals surface area contributed by atoms with Crippen molar-refractivity contribution in [3.63, 3.8) is 0 Å². The highest BCUT2D eigenvalue weighted by Crippen LogP contribution is 2.29. The SMILES string of the molecule is CN1CCC(n2c(=O)n(Cc3ccc(-c4nnc(C(F)F)o4)cc3F)c3cc(Br)ccc32)CC1. The van der Waals surface area contributed by atoms with Crippen molar-refractivity contribution in [2.24, 2.45) is 0 Å². The molecule has 0 atom stereocenters. The number of aromatic nitrogens is 4. The van der Waals surface area contributed by atoms with Crippen LogP contribution in [0.5, 0.6) is 0 Å². The van der Waals surface area contributed by atoms with E-state index in [0.29, 0.717) is 5.52 Å². The van der Waals surface area contributed by atoms with E-state index in [1.54, 1.807) is 4.57 Å². The molecular weight excluding hydrogens is 515 g/mol. The quantitative estimate of drug-likeness (QED) is 0.359. The fraction of sp³-hybridized carbons (Fsp3) is 0.348. The van der Waals surface area contributed by atoms with Crippen molar-refractivity contribution in [3.8, 4) is 11.5 Å². The Hall–Kier alpha value is -2.92. The van der Waals surface area contributed by atoms with Gasteiger partial charge in [0.2, 0.25) is 5.89 Å². The first-order chi connectivity index (χ1) is 16.3. The Morgan fingerprint density at radius 2 is 1.88 bits per heavy atom. The molecule has 34 heavy (non-hydrogen) atoms. The molecule has 7 nitrogen and oxygen atoms in total. The summed E-state index contributed by atoms with van der Waals surface area (Å²) in [6.07, 6.45) is -1.18. The third-order valence-corrected chi connectivity index (χ3v) is 6.73. The van der Waals surface area contributed by atoms with Crippen LogP contribution in [0.4, 0.5) is 13.2 Å². The predicted molar refractivity (Wildman–Crippen MR) is 123 cm³/mol. The molecule has 0 bridgehead atoms. The standard InChI is InChI=1S/C23H21BrF3N5O2/c1-30-8-6-16(7-9-30)32-18-5-4-15(24)11-19(18)31(23(32)33)12-14-3-2-13(10-17(14)25)21-28-29-22(34-21)20(26)27/h2-5,10-11,16,20H,6-9,12H2,1H3. The van der Waals surface area contributed by atoms with Crippen LogP contribution in [0.15, 0.2) is 50.1 Å². The number of benzene rings is 2. The van der Waals surface area contributed by atoms with Crippen LogP contribution in [-0.4, -0.2) is 44.4 Å². The Balaban J connectivity index is 1.52. The summed E-state index contributed by atoms with van der Waals surface area (Å²) >= 11 is 3.47. The summed E-state index contributed by atoms with van der Waals surface area (Å²) in [7, 11) is 2.06.